The minimum absolute atomic E-state index is 0.0646. The Morgan fingerprint density at radius 2 is 2.18 bits per heavy atom. The number of aryl methyl sites for hydroxylation is 1. The topological polar surface area (TPSA) is 85.1 Å². The van der Waals surface area contributed by atoms with Gasteiger partial charge >= 0.3 is 0 Å². The van der Waals surface area contributed by atoms with E-state index in [0.29, 0.717) is 11.4 Å². The first-order valence-corrected chi connectivity index (χ1v) is 4.97. The summed E-state index contributed by atoms with van der Waals surface area (Å²) in [4.78, 5) is 25.3. The Bertz CT molecular complexity index is 491. The van der Waals surface area contributed by atoms with Crippen molar-refractivity contribution < 1.29 is 9.72 Å². The molecule has 17 heavy (non-hydrogen) atoms. The van der Waals surface area contributed by atoms with E-state index in [2.05, 4.69) is 10.3 Å². The lowest BCUT2D eigenvalue weighted by Crippen LogP contribution is -2.10. The molecule has 0 aliphatic carbocycles. The standard InChI is InChI=1S/C11H13N3O3/c1-7(2)4-11(15)13-10-5-8(3)9(6-12-10)14(16)17/h4-6H,1-3H3,(H,12,13,15). The van der Waals surface area contributed by atoms with Gasteiger partial charge in [-0.15, -0.1) is 0 Å². The van der Waals surface area contributed by atoms with Gasteiger partial charge in [0.25, 0.3) is 5.69 Å². The predicted molar refractivity (Wildman–Crippen MR) is 63.7 cm³/mol. The Labute approximate surface area is 98.5 Å². The highest BCUT2D eigenvalue weighted by atomic mass is 16.6. The second-order valence-corrected chi connectivity index (χ2v) is 3.82. The van der Waals surface area contributed by atoms with Gasteiger partial charge in [0.15, 0.2) is 0 Å². The van der Waals surface area contributed by atoms with Crippen LogP contribution in [0, 0.1) is 17.0 Å². The van der Waals surface area contributed by atoms with Gasteiger partial charge in [0.2, 0.25) is 5.91 Å². The zero-order valence-corrected chi connectivity index (χ0v) is 9.85. The third kappa shape index (κ3) is 3.67. The lowest BCUT2D eigenvalue weighted by molar-refractivity contribution is -0.385. The van der Waals surface area contributed by atoms with Gasteiger partial charge in [-0.2, -0.15) is 0 Å². The molecule has 1 rings (SSSR count). The van der Waals surface area contributed by atoms with Crippen LogP contribution in [0.1, 0.15) is 19.4 Å². The van der Waals surface area contributed by atoms with Crippen molar-refractivity contribution >= 4 is 17.4 Å². The van der Waals surface area contributed by atoms with Crippen LogP contribution in [0.4, 0.5) is 11.5 Å². The average molecular weight is 235 g/mol. The quantitative estimate of drug-likeness (QED) is 0.494. The molecule has 0 unspecified atom stereocenters. The van der Waals surface area contributed by atoms with Crippen molar-refractivity contribution in [3.05, 3.63) is 39.6 Å². The van der Waals surface area contributed by atoms with Gasteiger partial charge in [0.1, 0.15) is 12.0 Å². The summed E-state index contributed by atoms with van der Waals surface area (Å²) in [5.41, 5.74) is 1.25. The molecule has 0 saturated heterocycles. The molecule has 90 valence electrons. The van der Waals surface area contributed by atoms with Crippen molar-refractivity contribution in [2.24, 2.45) is 0 Å². The van der Waals surface area contributed by atoms with E-state index in [0.717, 1.165) is 11.8 Å². The summed E-state index contributed by atoms with van der Waals surface area (Å²) in [5, 5.41) is 13.1. The zero-order valence-electron chi connectivity index (χ0n) is 9.85. The highest BCUT2D eigenvalue weighted by Gasteiger charge is 2.11. The van der Waals surface area contributed by atoms with Gasteiger partial charge < -0.3 is 5.32 Å². The molecule has 0 aromatic carbocycles. The van der Waals surface area contributed by atoms with E-state index in [-0.39, 0.29) is 11.6 Å². The molecule has 0 bridgehead atoms. The Kier molecular flexibility index (Phi) is 3.92. The number of amides is 1. The van der Waals surface area contributed by atoms with Gasteiger partial charge in [-0.25, -0.2) is 4.98 Å². The van der Waals surface area contributed by atoms with Crippen molar-refractivity contribution in [1.29, 1.82) is 0 Å². The smallest absolute Gasteiger partial charge is 0.290 e. The largest absolute Gasteiger partial charge is 0.307 e. The maximum Gasteiger partial charge on any atom is 0.290 e. The Hall–Kier alpha value is -2.24. The summed E-state index contributed by atoms with van der Waals surface area (Å²) in [6.07, 6.45) is 2.56. The van der Waals surface area contributed by atoms with E-state index in [1.165, 1.54) is 12.1 Å². The van der Waals surface area contributed by atoms with Gasteiger partial charge in [0.05, 0.1) is 4.92 Å². The third-order valence-corrected chi connectivity index (χ3v) is 1.95. The van der Waals surface area contributed by atoms with E-state index < -0.39 is 4.92 Å². The number of nitrogens with zero attached hydrogens (tertiary/aromatic N) is 2. The summed E-state index contributed by atoms with van der Waals surface area (Å²) in [5.74, 6) is 0.00125. The fourth-order valence-electron chi connectivity index (χ4n) is 1.23. The van der Waals surface area contributed by atoms with Crippen molar-refractivity contribution in [1.82, 2.24) is 4.98 Å². The maximum absolute atomic E-state index is 11.4. The van der Waals surface area contributed by atoms with E-state index >= 15 is 0 Å². The molecule has 0 atom stereocenters. The van der Waals surface area contributed by atoms with E-state index in [9.17, 15) is 14.9 Å². The van der Waals surface area contributed by atoms with Gasteiger partial charge in [-0.05, 0) is 26.8 Å². The fraction of sp³-hybridized carbons (Fsp3) is 0.273. The molecule has 0 radical (unpaired) electrons. The SMILES string of the molecule is CC(C)=CC(=O)Nc1cc(C)c([N+](=O)[O-])cn1. The molecule has 0 saturated carbocycles. The van der Waals surface area contributed by atoms with Crippen LogP contribution in [0.5, 0.6) is 0 Å². The maximum atomic E-state index is 11.4. The van der Waals surface area contributed by atoms with Gasteiger partial charge in [-0.3, -0.25) is 14.9 Å². The number of carbonyl (C=O) groups is 1. The van der Waals surface area contributed by atoms with Crippen molar-refractivity contribution in [3.63, 3.8) is 0 Å². The number of carbonyl (C=O) groups excluding carboxylic acids is 1. The second kappa shape index (κ2) is 5.20. The summed E-state index contributed by atoms with van der Waals surface area (Å²) in [7, 11) is 0. The molecule has 0 fully saturated rings. The molecule has 1 heterocycles. The molecular weight excluding hydrogens is 222 g/mol. The van der Waals surface area contributed by atoms with Gasteiger partial charge in [-0.1, -0.05) is 5.57 Å². The molecule has 1 N–H and O–H groups in total. The van der Waals surface area contributed by atoms with Gasteiger partial charge in [0, 0.05) is 11.6 Å². The normalized spacial score (nSPS) is 9.59. The lowest BCUT2D eigenvalue weighted by atomic mass is 10.2. The van der Waals surface area contributed by atoms with Crippen molar-refractivity contribution in [3.8, 4) is 0 Å². The molecule has 1 aromatic heterocycles. The summed E-state index contributed by atoms with van der Waals surface area (Å²) < 4.78 is 0. The molecule has 1 aromatic rings. The first kappa shape index (κ1) is 12.8. The number of nitrogens with one attached hydrogen (secondary N) is 1. The molecule has 0 aliphatic heterocycles. The Balaban J connectivity index is 2.88. The summed E-state index contributed by atoms with van der Waals surface area (Å²) in [6.45, 7) is 5.19. The number of allylic oxidation sites excluding steroid dienone is 1. The Morgan fingerprint density at radius 3 is 2.65 bits per heavy atom. The van der Waals surface area contributed by atoms with Crippen LogP contribution >= 0.6 is 0 Å². The molecule has 0 spiro atoms. The minimum Gasteiger partial charge on any atom is -0.307 e. The van der Waals surface area contributed by atoms with Crippen LogP contribution in [0.15, 0.2) is 23.9 Å². The fourth-order valence-corrected chi connectivity index (χ4v) is 1.23. The Morgan fingerprint density at radius 1 is 1.53 bits per heavy atom. The average Bonchev–Trinajstić information content (AvgIpc) is 2.15. The van der Waals surface area contributed by atoms with Crippen molar-refractivity contribution in [2.45, 2.75) is 20.8 Å². The summed E-state index contributed by atoms with van der Waals surface area (Å²) in [6, 6.07) is 1.47. The second-order valence-electron chi connectivity index (χ2n) is 3.82. The molecule has 1 amide bonds. The monoisotopic (exact) mass is 235 g/mol. The van der Waals surface area contributed by atoms with Crippen LogP contribution in [0.3, 0.4) is 0 Å². The number of aromatic nitrogens is 1. The number of hydrogen-bond donors (Lipinski definition) is 1. The van der Waals surface area contributed by atoms with Crippen molar-refractivity contribution in [2.75, 3.05) is 5.32 Å². The molecule has 6 nitrogen and oxygen atoms in total. The molecule has 0 aliphatic rings. The number of anilines is 1. The predicted octanol–water partition coefficient (Wildman–Crippen LogP) is 2.20. The molecule has 6 heteroatoms. The minimum atomic E-state index is -0.510. The van der Waals surface area contributed by atoms with E-state index in [1.807, 2.05) is 0 Å². The number of rotatable bonds is 3. The molecular formula is C11H13N3O3. The zero-order chi connectivity index (χ0) is 13.0. The van der Waals surface area contributed by atoms with Crippen LogP contribution in [0.2, 0.25) is 0 Å². The van der Waals surface area contributed by atoms with Crippen LogP contribution in [0.25, 0.3) is 0 Å². The van der Waals surface area contributed by atoms with E-state index in [1.54, 1.807) is 20.8 Å². The number of pyridine rings is 1. The van der Waals surface area contributed by atoms with E-state index in [4.69, 9.17) is 0 Å². The van der Waals surface area contributed by atoms with Crippen LogP contribution in [-0.4, -0.2) is 15.8 Å². The highest BCUT2D eigenvalue weighted by Crippen LogP contribution is 2.18. The highest BCUT2D eigenvalue weighted by molar-refractivity contribution is 5.99. The number of nitro groups is 1. The van der Waals surface area contributed by atoms with Crippen LogP contribution < -0.4 is 5.32 Å². The van der Waals surface area contributed by atoms with Crippen LogP contribution in [-0.2, 0) is 4.79 Å². The third-order valence-electron chi connectivity index (χ3n) is 1.95. The number of hydrogen-bond acceptors (Lipinski definition) is 4. The lowest BCUT2D eigenvalue weighted by Gasteiger charge is -2.03. The first-order chi connectivity index (χ1) is 7.90. The first-order valence-electron chi connectivity index (χ1n) is 4.97. The summed E-state index contributed by atoms with van der Waals surface area (Å²) >= 11 is 0.